The Balaban J connectivity index is 1.78. The zero-order chi connectivity index (χ0) is 15.1. The highest BCUT2D eigenvalue weighted by atomic mass is 19.4. The SMILES string of the molecule is FC(F)(F)c1cccc(OCC#CCN2CCNCC2)c1. The van der Waals surface area contributed by atoms with E-state index in [1.54, 1.807) is 0 Å². The molecule has 6 heteroatoms. The fraction of sp³-hybridized carbons (Fsp3) is 0.467. The molecule has 1 saturated heterocycles. The van der Waals surface area contributed by atoms with Crippen LogP contribution in [-0.4, -0.2) is 44.2 Å². The van der Waals surface area contributed by atoms with Crippen LogP contribution in [0.15, 0.2) is 24.3 Å². The van der Waals surface area contributed by atoms with Crippen LogP contribution in [0, 0.1) is 11.8 Å². The Bertz CT molecular complexity index is 514. The lowest BCUT2D eigenvalue weighted by Crippen LogP contribution is -2.43. The van der Waals surface area contributed by atoms with Crippen molar-refractivity contribution in [3.05, 3.63) is 29.8 Å². The van der Waals surface area contributed by atoms with Gasteiger partial charge >= 0.3 is 6.18 Å². The zero-order valence-electron chi connectivity index (χ0n) is 11.5. The molecule has 114 valence electrons. The van der Waals surface area contributed by atoms with Gasteiger partial charge in [0.15, 0.2) is 0 Å². The molecule has 0 amide bonds. The van der Waals surface area contributed by atoms with E-state index in [1.165, 1.54) is 12.1 Å². The van der Waals surface area contributed by atoms with Crippen molar-refractivity contribution in [3.8, 4) is 17.6 Å². The molecule has 1 fully saturated rings. The van der Waals surface area contributed by atoms with Crippen LogP contribution in [0.25, 0.3) is 0 Å². The molecule has 0 unspecified atom stereocenters. The van der Waals surface area contributed by atoms with Crippen LogP contribution in [0.5, 0.6) is 5.75 Å². The van der Waals surface area contributed by atoms with Crippen molar-refractivity contribution in [2.24, 2.45) is 0 Å². The highest BCUT2D eigenvalue weighted by Gasteiger charge is 2.30. The van der Waals surface area contributed by atoms with E-state index >= 15 is 0 Å². The van der Waals surface area contributed by atoms with Crippen LogP contribution in [0.2, 0.25) is 0 Å². The van der Waals surface area contributed by atoms with Crippen LogP contribution >= 0.6 is 0 Å². The van der Waals surface area contributed by atoms with Crippen molar-refractivity contribution in [1.82, 2.24) is 10.2 Å². The predicted octanol–water partition coefficient (Wildman–Crippen LogP) is 1.99. The third-order valence-electron chi connectivity index (χ3n) is 3.11. The molecule has 21 heavy (non-hydrogen) atoms. The van der Waals surface area contributed by atoms with E-state index < -0.39 is 11.7 Å². The molecule has 0 spiro atoms. The van der Waals surface area contributed by atoms with Gasteiger partial charge in [0.05, 0.1) is 12.1 Å². The number of ether oxygens (including phenoxy) is 1. The molecule has 0 aromatic heterocycles. The Morgan fingerprint density at radius 2 is 1.95 bits per heavy atom. The van der Waals surface area contributed by atoms with Gasteiger partial charge in [-0.25, -0.2) is 0 Å². The van der Waals surface area contributed by atoms with Gasteiger partial charge < -0.3 is 10.1 Å². The molecule has 1 aliphatic heterocycles. The summed E-state index contributed by atoms with van der Waals surface area (Å²) in [6.07, 6.45) is -4.35. The summed E-state index contributed by atoms with van der Waals surface area (Å²) in [5.41, 5.74) is -0.714. The normalized spacial score (nSPS) is 16.1. The van der Waals surface area contributed by atoms with E-state index in [0.717, 1.165) is 38.3 Å². The van der Waals surface area contributed by atoms with Crippen LogP contribution < -0.4 is 10.1 Å². The maximum absolute atomic E-state index is 12.5. The van der Waals surface area contributed by atoms with Gasteiger partial charge in [-0.05, 0) is 18.2 Å². The average Bonchev–Trinajstić information content (AvgIpc) is 2.47. The van der Waals surface area contributed by atoms with Crippen molar-refractivity contribution in [1.29, 1.82) is 0 Å². The number of hydrogen-bond donors (Lipinski definition) is 1. The lowest BCUT2D eigenvalue weighted by atomic mass is 10.2. The largest absolute Gasteiger partial charge is 0.481 e. The number of hydrogen-bond acceptors (Lipinski definition) is 3. The van der Waals surface area contributed by atoms with Crippen LogP contribution in [0.3, 0.4) is 0 Å². The molecular formula is C15H17F3N2O. The first-order valence-corrected chi connectivity index (χ1v) is 6.74. The first-order chi connectivity index (χ1) is 10.1. The summed E-state index contributed by atoms with van der Waals surface area (Å²) in [4.78, 5) is 2.22. The molecule has 0 aliphatic carbocycles. The first kappa shape index (κ1) is 15.7. The lowest BCUT2D eigenvalue weighted by molar-refractivity contribution is -0.137. The number of halogens is 3. The van der Waals surface area contributed by atoms with Gasteiger partial charge in [0, 0.05) is 26.2 Å². The molecular weight excluding hydrogens is 281 g/mol. The van der Waals surface area contributed by atoms with Crippen molar-refractivity contribution >= 4 is 0 Å². The molecule has 1 aromatic carbocycles. The van der Waals surface area contributed by atoms with Gasteiger partial charge in [0.2, 0.25) is 0 Å². The number of rotatable bonds is 3. The maximum atomic E-state index is 12.5. The third-order valence-corrected chi connectivity index (χ3v) is 3.11. The Morgan fingerprint density at radius 1 is 1.19 bits per heavy atom. The number of benzene rings is 1. The fourth-order valence-electron chi connectivity index (χ4n) is 1.97. The predicted molar refractivity (Wildman–Crippen MR) is 74.0 cm³/mol. The monoisotopic (exact) mass is 298 g/mol. The fourth-order valence-corrected chi connectivity index (χ4v) is 1.97. The molecule has 0 atom stereocenters. The van der Waals surface area contributed by atoms with E-state index in [2.05, 4.69) is 22.1 Å². The van der Waals surface area contributed by atoms with Gasteiger partial charge in [-0.3, -0.25) is 4.90 Å². The smallest absolute Gasteiger partial charge is 0.416 e. The number of piperazine rings is 1. The van der Waals surface area contributed by atoms with Crippen molar-refractivity contribution < 1.29 is 17.9 Å². The molecule has 0 saturated carbocycles. The van der Waals surface area contributed by atoms with Gasteiger partial charge in [-0.2, -0.15) is 13.2 Å². The molecule has 2 rings (SSSR count). The summed E-state index contributed by atoms with van der Waals surface area (Å²) in [6.45, 7) is 4.60. The molecule has 3 nitrogen and oxygen atoms in total. The van der Waals surface area contributed by atoms with Crippen molar-refractivity contribution in [3.63, 3.8) is 0 Å². The Kier molecular flexibility index (Phi) is 5.48. The second kappa shape index (κ2) is 7.34. The van der Waals surface area contributed by atoms with E-state index in [-0.39, 0.29) is 12.4 Å². The molecule has 0 radical (unpaired) electrons. The van der Waals surface area contributed by atoms with E-state index in [4.69, 9.17) is 4.74 Å². The minimum atomic E-state index is -4.35. The van der Waals surface area contributed by atoms with E-state index in [0.29, 0.717) is 6.54 Å². The van der Waals surface area contributed by atoms with Crippen LogP contribution in [0.4, 0.5) is 13.2 Å². The van der Waals surface area contributed by atoms with Gasteiger partial charge in [-0.15, -0.1) is 0 Å². The highest BCUT2D eigenvalue weighted by Crippen LogP contribution is 2.31. The molecule has 1 heterocycles. The minimum Gasteiger partial charge on any atom is -0.481 e. The van der Waals surface area contributed by atoms with Gasteiger partial charge in [0.1, 0.15) is 12.4 Å². The summed E-state index contributed by atoms with van der Waals surface area (Å²) in [5.74, 6) is 5.98. The van der Waals surface area contributed by atoms with E-state index in [9.17, 15) is 13.2 Å². The summed E-state index contributed by atoms with van der Waals surface area (Å²) < 4.78 is 42.8. The van der Waals surface area contributed by atoms with Crippen molar-refractivity contribution in [2.75, 3.05) is 39.3 Å². The number of nitrogens with one attached hydrogen (secondary N) is 1. The Labute approximate surface area is 122 Å². The average molecular weight is 298 g/mol. The number of alkyl halides is 3. The lowest BCUT2D eigenvalue weighted by Gasteiger charge is -2.24. The zero-order valence-corrected chi connectivity index (χ0v) is 11.5. The topological polar surface area (TPSA) is 24.5 Å². The summed E-state index contributed by atoms with van der Waals surface area (Å²) >= 11 is 0. The quantitative estimate of drug-likeness (QED) is 0.864. The van der Waals surface area contributed by atoms with Gasteiger partial charge in [-0.1, -0.05) is 17.9 Å². The third kappa shape index (κ3) is 5.29. The van der Waals surface area contributed by atoms with Gasteiger partial charge in [0.25, 0.3) is 0 Å². The molecule has 0 bridgehead atoms. The highest BCUT2D eigenvalue weighted by molar-refractivity contribution is 5.30. The standard InChI is InChI=1S/C15H17F3N2O/c16-15(17,18)13-4-3-5-14(12-13)21-11-2-1-8-20-9-6-19-7-10-20/h3-5,12,19H,6-11H2. The Morgan fingerprint density at radius 3 is 2.67 bits per heavy atom. The molecule has 1 aliphatic rings. The second-order valence-electron chi connectivity index (χ2n) is 4.69. The summed E-state index contributed by atoms with van der Waals surface area (Å²) in [7, 11) is 0. The van der Waals surface area contributed by atoms with Crippen LogP contribution in [0.1, 0.15) is 5.56 Å². The molecule has 1 N–H and O–H groups in total. The second-order valence-corrected chi connectivity index (χ2v) is 4.69. The Hall–Kier alpha value is -1.71. The first-order valence-electron chi connectivity index (χ1n) is 6.74. The minimum absolute atomic E-state index is 0.0907. The summed E-state index contributed by atoms with van der Waals surface area (Å²) in [6, 6.07) is 4.82. The number of nitrogens with zero attached hydrogens (tertiary/aromatic N) is 1. The molecule has 1 aromatic rings. The summed E-state index contributed by atoms with van der Waals surface area (Å²) in [5, 5.41) is 3.25. The van der Waals surface area contributed by atoms with Crippen molar-refractivity contribution in [2.45, 2.75) is 6.18 Å². The van der Waals surface area contributed by atoms with Crippen LogP contribution in [-0.2, 0) is 6.18 Å². The maximum Gasteiger partial charge on any atom is 0.416 e. The van der Waals surface area contributed by atoms with E-state index in [1.807, 2.05) is 0 Å².